The quantitative estimate of drug-likeness (QED) is 0.387. The molecule has 0 spiro atoms. The summed E-state index contributed by atoms with van der Waals surface area (Å²) in [6.07, 6.45) is 1.83. The van der Waals surface area contributed by atoms with Gasteiger partial charge in [0.15, 0.2) is 11.0 Å². The van der Waals surface area contributed by atoms with Crippen molar-refractivity contribution in [2.75, 3.05) is 11.1 Å². The predicted octanol–water partition coefficient (Wildman–Crippen LogP) is 5.33. The third kappa shape index (κ3) is 4.60. The average Bonchev–Trinajstić information content (AvgIpc) is 3.33. The second kappa shape index (κ2) is 8.67. The summed E-state index contributed by atoms with van der Waals surface area (Å²) in [6, 6.07) is 19.7. The Morgan fingerprint density at radius 3 is 2.62 bits per heavy atom. The molecule has 1 N–H and O–H groups in total. The van der Waals surface area contributed by atoms with Crippen molar-refractivity contribution >= 4 is 39.4 Å². The number of nitrogens with zero attached hydrogens (tertiary/aromatic N) is 3. The highest BCUT2D eigenvalue weighted by Gasteiger charge is 2.16. The van der Waals surface area contributed by atoms with Crippen LogP contribution in [0.25, 0.3) is 16.9 Å². The van der Waals surface area contributed by atoms with Crippen LogP contribution >= 0.6 is 27.7 Å². The number of halogens is 1. The molecule has 146 valence electrons. The van der Waals surface area contributed by atoms with E-state index < -0.39 is 0 Å². The number of aromatic nitrogens is 3. The Kier molecular flexibility index (Phi) is 5.82. The number of hydrogen-bond donors (Lipinski definition) is 1. The normalized spacial score (nSPS) is 10.8. The number of aryl methyl sites for hydroxylation is 1. The largest absolute Gasteiger partial charge is 0.360 e. The molecule has 0 aliphatic heterocycles. The Bertz CT molecular complexity index is 1120. The van der Waals surface area contributed by atoms with Gasteiger partial charge >= 0.3 is 0 Å². The number of hydrogen-bond acceptors (Lipinski definition) is 5. The molecule has 8 heteroatoms. The van der Waals surface area contributed by atoms with E-state index in [-0.39, 0.29) is 11.7 Å². The Morgan fingerprint density at radius 2 is 1.93 bits per heavy atom. The van der Waals surface area contributed by atoms with E-state index in [1.165, 1.54) is 11.8 Å². The molecule has 29 heavy (non-hydrogen) atoms. The van der Waals surface area contributed by atoms with E-state index in [0.29, 0.717) is 11.6 Å². The molecule has 6 nitrogen and oxygen atoms in total. The zero-order valence-electron chi connectivity index (χ0n) is 15.5. The highest BCUT2D eigenvalue weighted by Crippen LogP contribution is 2.30. The van der Waals surface area contributed by atoms with Gasteiger partial charge in [-0.1, -0.05) is 63.2 Å². The van der Waals surface area contributed by atoms with Gasteiger partial charge < -0.3 is 9.84 Å². The SMILES string of the molecule is Cc1cc(NC(=O)CSc2ncc(-c3ccc(Br)cc3)n2-c2ccccc2)no1. The number of para-hydroxylation sites is 1. The lowest BCUT2D eigenvalue weighted by molar-refractivity contribution is -0.113. The van der Waals surface area contributed by atoms with Gasteiger partial charge in [0, 0.05) is 21.8 Å². The summed E-state index contributed by atoms with van der Waals surface area (Å²) in [5, 5.41) is 7.25. The van der Waals surface area contributed by atoms with Crippen LogP contribution in [0.4, 0.5) is 5.82 Å². The van der Waals surface area contributed by atoms with Crippen molar-refractivity contribution in [1.82, 2.24) is 14.7 Å². The maximum atomic E-state index is 12.3. The van der Waals surface area contributed by atoms with Crippen LogP contribution in [0, 0.1) is 6.92 Å². The van der Waals surface area contributed by atoms with Crippen LogP contribution < -0.4 is 5.32 Å². The summed E-state index contributed by atoms with van der Waals surface area (Å²) in [7, 11) is 0. The van der Waals surface area contributed by atoms with E-state index in [1.807, 2.05) is 60.8 Å². The second-order valence-electron chi connectivity index (χ2n) is 6.26. The van der Waals surface area contributed by atoms with Gasteiger partial charge in [-0.15, -0.1) is 0 Å². The number of rotatable bonds is 6. The molecule has 4 aromatic rings. The first-order valence-electron chi connectivity index (χ1n) is 8.85. The van der Waals surface area contributed by atoms with Gasteiger partial charge in [0.25, 0.3) is 0 Å². The smallest absolute Gasteiger partial charge is 0.236 e. The van der Waals surface area contributed by atoms with Gasteiger partial charge in [-0.2, -0.15) is 0 Å². The maximum Gasteiger partial charge on any atom is 0.236 e. The van der Waals surface area contributed by atoms with E-state index in [0.717, 1.165) is 26.6 Å². The minimum Gasteiger partial charge on any atom is -0.360 e. The molecule has 0 aliphatic rings. The number of imidazole rings is 1. The van der Waals surface area contributed by atoms with Crippen LogP contribution in [0.5, 0.6) is 0 Å². The van der Waals surface area contributed by atoms with E-state index >= 15 is 0 Å². The standard InChI is InChI=1S/C21H17BrN4O2S/c1-14-11-19(25-28-14)24-20(27)13-29-21-23-12-18(15-7-9-16(22)10-8-15)26(21)17-5-3-2-4-6-17/h2-12H,13H2,1H3,(H,24,25,27). The molecule has 2 aromatic carbocycles. The van der Waals surface area contributed by atoms with E-state index in [9.17, 15) is 4.79 Å². The van der Waals surface area contributed by atoms with Crippen molar-refractivity contribution in [3.05, 3.63) is 77.1 Å². The first-order chi connectivity index (χ1) is 14.1. The monoisotopic (exact) mass is 468 g/mol. The van der Waals surface area contributed by atoms with Crippen molar-refractivity contribution < 1.29 is 9.32 Å². The summed E-state index contributed by atoms with van der Waals surface area (Å²) in [5.74, 6) is 1.09. The minimum absolute atomic E-state index is 0.170. The molecular formula is C21H17BrN4O2S. The van der Waals surface area contributed by atoms with Gasteiger partial charge in [-0.3, -0.25) is 9.36 Å². The number of carbonyl (C=O) groups excluding carboxylic acids is 1. The number of amides is 1. The first kappa shape index (κ1) is 19.5. The molecule has 0 aliphatic carbocycles. The van der Waals surface area contributed by atoms with E-state index in [2.05, 4.69) is 36.0 Å². The summed E-state index contributed by atoms with van der Waals surface area (Å²) < 4.78 is 8.05. The lowest BCUT2D eigenvalue weighted by Gasteiger charge is -2.12. The van der Waals surface area contributed by atoms with Gasteiger partial charge in [-0.25, -0.2) is 4.98 Å². The van der Waals surface area contributed by atoms with Crippen molar-refractivity contribution in [2.24, 2.45) is 0 Å². The first-order valence-corrected chi connectivity index (χ1v) is 10.6. The molecule has 1 amide bonds. The number of anilines is 1. The fourth-order valence-electron chi connectivity index (χ4n) is 2.82. The van der Waals surface area contributed by atoms with Crippen LogP contribution in [0.2, 0.25) is 0 Å². The molecule has 0 bridgehead atoms. The third-order valence-corrected chi connectivity index (χ3v) is 5.59. The van der Waals surface area contributed by atoms with Crippen LogP contribution in [-0.4, -0.2) is 26.4 Å². The zero-order chi connectivity index (χ0) is 20.2. The lowest BCUT2D eigenvalue weighted by Crippen LogP contribution is -2.14. The average molecular weight is 469 g/mol. The molecule has 0 fully saturated rings. The van der Waals surface area contributed by atoms with Gasteiger partial charge in [0.1, 0.15) is 5.76 Å². The molecule has 4 rings (SSSR count). The Balaban J connectivity index is 1.59. The topological polar surface area (TPSA) is 73.0 Å². The summed E-state index contributed by atoms with van der Waals surface area (Å²) in [5.41, 5.74) is 2.98. The number of benzene rings is 2. The van der Waals surface area contributed by atoms with Crippen LogP contribution in [-0.2, 0) is 4.79 Å². The molecule has 0 atom stereocenters. The second-order valence-corrected chi connectivity index (χ2v) is 8.12. The molecule has 0 saturated heterocycles. The molecular weight excluding hydrogens is 452 g/mol. The van der Waals surface area contributed by atoms with Crippen LogP contribution in [0.3, 0.4) is 0 Å². The van der Waals surface area contributed by atoms with E-state index in [1.54, 1.807) is 13.0 Å². The predicted molar refractivity (Wildman–Crippen MR) is 117 cm³/mol. The molecule has 0 unspecified atom stereocenters. The molecule has 0 radical (unpaired) electrons. The lowest BCUT2D eigenvalue weighted by atomic mass is 10.1. The number of nitrogens with one attached hydrogen (secondary N) is 1. The zero-order valence-corrected chi connectivity index (χ0v) is 17.9. The third-order valence-electron chi connectivity index (χ3n) is 4.11. The van der Waals surface area contributed by atoms with E-state index in [4.69, 9.17) is 4.52 Å². The fourth-order valence-corrected chi connectivity index (χ4v) is 3.88. The molecule has 2 heterocycles. The van der Waals surface area contributed by atoms with Gasteiger partial charge in [0.05, 0.1) is 17.6 Å². The van der Waals surface area contributed by atoms with Crippen LogP contribution in [0.1, 0.15) is 5.76 Å². The molecule has 0 saturated carbocycles. The highest BCUT2D eigenvalue weighted by molar-refractivity contribution is 9.10. The minimum atomic E-state index is -0.170. The summed E-state index contributed by atoms with van der Waals surface area (Å²) in [4.78, 5) is 16.9. The summed E-state index contributed by atoms with van der Waals surface area (Å²) >= 11 is 4.84. The van der Waals surface area contributed by atoms with Crippen molar-refractivity contribution in [2.45, 2.75) is 12.1 Å². The Hall–Kier alpha value is -2.84. The Morgan fingerprint density at radius 1 is 1.17 bits per heavy atom. The van der Waals surface area contributed by atoms with Crippen LogP contribution in [0.15, 0.2) is 81.0 Å². The van der Waals surface area contributed by atoms with Crippen molar-refractivity contribution in [3.63, 3.8) is 0 Å². The summed E-state index contributed by atoms with van der Waals surface area (Å²) in [6.45, 7) is 1.78. The van der Waals surface area contributed by atoms with Gasteiger partial charge in [-0.05, 0) is 31.2 Å². The molecule has 2 aromatic heterocycles. The fraction of sp³-hybridized carbons (Fsp3) is 0.0952. The van der Waals surface area contributed by atoms with Gasteiger partial charge in [0.2, 0.25) is 5.91 Å². The Labute approximate surface area is 180 Å². The van der Waals surface area contributed by atoms with Crippen molar-refractivity contribution in [3.8, 4) is 16.9 Å². The number of carbonyl (C=O) groups is 1. The maximum absolute atomic E-state index is 12.3. The number of thioether (sulfide) groups is 1. The highest BCUT2D eigenvalue weighted by atomic mass is 79.9. The van der Waals surface area contributed by atoms with Crippen molar-refractivity contribution in [1.29, 1.82) is 0 Å².